The first-order valence-electron chi connectivity index (χ1n) is 9.85. The highest BCUT2D eigenvalue weighted by atomic mass is 32.1. The molecule has 0 spiro atoms. The molecule has 0 radical (unpaired) electrons. The summed E-state index contributed by atoms with van der Waals surface area (Å²) < 4.78 is 26.1. The molecule has 0 fully saturated rings. The Bertz CT molecular complexity index is 1420. The van der Waals surface area contributed by atoms with Crippen molar-refractivity contribution in [1.82, 2.24) is 4.57 Å². The van der Waals surface area contributed by atoms with Crippen LogP contribution in [0.2, 0.25) is 0 Å². The number of carbonyl (C=O) groups is 1. The van der Waals surface area contributed by atoms with Crippen LogP contribution < -0.4 is 24.4 Å². The minimum atomic E-state index is -0.694. The maximum atomic E-state index is 13.5. The first-order valence-corrected chi connectivity index (χ1v) is 10.7. The molecule has 2 aromatic carbocycles. The van der Waals surface area contributed by atoms with E-state index in [1.165, 1.54) is 42.1 Å². The SMILES string of the molecule is COc1ccc(C2C(C(C)=O)=C(C)N=c3s/c(=C\c4ccc(F)cc4)c(=O)n32)c(OC)c1. The molecule has 1 aliphatic rings. The van der Waals surface area contributed by atoms with E-state index in [9.17, 15) is 14.0 Å². The molecular weight excluding hydrogens is 431 g/mol. The number of hydrogen-bond acceptors (Lipinski definition) is 6. The van der Waals surface area contributed by atoms with Crippen LogP contribution in [0, 0.1) is 5.82 Å². The van der Waals surface area contributed by atoms with E-state index in [1.54, 1.807) is 50.4 Å². The van der Waals surface area contributed by atoms with Crippen LogP contribution in [0.4, 0.5) is 4.39 Å². The Balaban J connectivity index is 1.99. The van der Waals surface area contributed by atoms with Gasteiger partial charge in [-0.05, 0) is 49.8 Å². The van der Waals surface area contributed by atoms with Gasteiger partial charge in [0.25, 0.3) is 5.56 Å². The van der Waals surface area contributed by atoms with Gasteiger partial charge < -0.3 is 9.47 Å². The largest absolute Gasteiger partial charge is 0.497 e. The molecule has 0 bridgehead atoms. The van der Waals surface area contributed by atoms with Gasteiger partial charge in [-0.25, -0.2) is 9.38 Å². The van der Waals surface area contributed by atoms with Crippen molar-refractivity contribution in [3.63, 3.8) is 0 Å². The first-order chi connectivity index (χ1) is 15.3. The number of Topliss-reactive ketones (excluding diaryl/α,β-unsaturated/α-hetero) is 1. The Hall–Kier alpha value is -3.52. The number of carbonyl (C=O) groups excluding carboxylic acids is 1. The van der Waals surface area contributed by atoms with Gasteiger partial charge in [0.15, 0.2) is 10.6 Å². The maximum Gasteiger partial charge on any atom is 0.271 e. The van der Waals surface area contributed by atoms with Crippen molar-refractivity contribution in [2.24, 2.45) is 4.99 Å². The smallest absolute Gasteiger partial charge is 0.271 e. The molecule has 164 valence electrons. The summed E-state index contributed by atoms with van der Waals surface area (Å²) in [5.41, 5.74) is 2.04. The molecule has 4 rings (SSSR count). The van der Waals surface area contributed by atoms with Crippen molar-refractivity contribution >= 4 is 23.2 Å². The highest BCUT2D eigenvalue weighted by Gasteiger charge is 2.32. The number of methoxy groups -OCH3 is 2. The summed E-state index contributed by atoms with van der Waals surface area (Å²) >= 11 is 1.22. The Morgan fingerprint density at radius 3 is 2.50 bits per heavy atom. The summed E-state index contributed by atoms with van der Waals surface area (Å²) in [7, 11) is 3.08. The number of halogens is 1. The van der Waals surface area contributed by atoms with Gasteiger partial charge in [0.1, 0.15) is 17.3 Å². The van der Waals surface area contributed by atoms with E-state index < -0.39 is 6.04 Å². The molecule has 0 N–H and O–H groups in total. The lowest BCUT2D eigenvalue weighted by molar-refractivity contribution is -0.114. The molecule has 6 nitrogen and oxygen atoms in total. The Morgan fingerprint density at radius 1 is 1.16 bits per heavy atom. The van der Waals surface area contributed by atoms with E-state index in [0.29, 0.717) is 43.2 Å². The van der Waals surface area contributed by atoms with Gasteiger partial charge in [-0.3, -0.25) is 14.2 Å². The van der Waals surface area contributed by atoms with E-state index in [4.69, 9.17) is 9.47 Å². The van der Waals surface area contributed by atoms with E-state index in [2.05, 4.69) is 4.99 Å². The number of benzene rings is 2. The van der Waals surface area contributed by atoms with Gasteiger partial charge >= 0.3 is 0 Å². The predicted octanol–water partition coefficient (Wildman–Crippen LogP) is 2.98. The third-order valence-corrected chi connectivity index (χ3v) is 6.29. The maximum absolute atomic E-state index is 13.5. The number of fused-ring (bicyclic) bond motifs is 1. The molecule has 1 aromatic heterocycles. The zero-order valence-corrected chi connectivity index (χ0v) is 18.8. The van der Waals surface area contributed by atoms with Crippen LogP contribution in [0.25, 0.3) is 6.08 Å². The zero-order chi connectivity index (χ0) is 23.0. The van der Waals surface area contributed by atoms with E-state index in [0.717, 1.165) is 0 Å². The van der Waals surface area contributed by atoms with Crippen LogP contribution in [0.5, 0.6) is 11.5 Å². The van der Waals surface area contributed by atoms with Crippen LogP contribution in [-0.4, -0.2) is 24.6 Å². The molecule has 32 heavy (non-hydrogen) atoms. The van der Waals surface area contributed by atoms with Crippen molar-refractivity contribution in [3.05, 3.63) is 90.4 Å². The van der Waals surface area contributed by atoms with Crippen LogP contribution in [0.1, 0.15) is 31.0 Å². The molecule has 2 heterocycles. The standard InChI is InChI=1S/C24H21FN2O4S/c1-13-21(14(2)28)22(18-10-9-17(30-3)12-19(18)31-4)27-23(29)20(32-24(27)26-13)11-15-5-7-16(25)8-6-15/h5-12,22H,1-4H3/b20-11-. The molecule has 0 amide bonds. The van der Waals surface area contributed by atoms with Crippen molar-refractivity contribution in [3.8, 4) is 11.5 Å². The highest BCUT2D eigenvalue weighted by Crippen LogP contribution is 2.37. The quantitative estimate of drug-likeness (QED) is 0.597. The lowest BCUT2D eigenvalue weighted by Gasteiger charge is -2.26. The number of rotatable bonds is 5. The molecule has 0 saturated heterocycles. The van der Waals surface area contributed by atoms with Crippen LogP contribution in [0.15, 0.2) is 63.5 Å². The topological polar surface area (TPSA) is 69.9 Å². The average molecular weight is 453 g/mol. The number of thiazole rings is 1. The van der Waals surface area contributed by atoms with Crippen molar-refractivity contribution in [1.29, 1.82) is 0 Å². The molecule has 8 heteroatoms. The monoisotopic (exact) mass is 452 g/mol. The number of ether oxygens (including phenoxy) is 2. The van der Waals surface area contributed by atoms with Crippen LogP contribution in [-0.2, 0) is 4.79 Å². The second-order valence-electron chi connectivity index (χ2n) is 7.30. The number of ketones is 1. The molecule has 1 aliphatic heterocycles. The molecule has 0 saturated carbocycles. The predicted molar refractivity (Wildman–Crippen MR) is 120 cm³/mol. The molecule has 3 aromatic rings. The third-order valence-electron chi connectivity index (χ3n) is 5.30. The lowest BCUT2D eigenvalue weighted by atomic mass is 9.92. The van der Waals surface area contributed by atoms with Crippen molar-refractivity contribution in [2.45, 2.75) is 19.9 Å². The van der Waals surface area contributed by atoms with Gasteiger partial charge in [-0.2, -0.15) is 0 Å². The number of nitrogens with zero attached hydrogens (tertiary/aromatic N) is 2. The minimum absolute atomic E-state index is 0.179. The van der Waals surface area contributed by atoms with Gasteiger partial charge in [-0.1, -0.05) is 23.5 Å². The highest BCUT2D eigenvalue weighted by molar-refractivity contribution is 7.07. The van der Waals surface area contributed by atoms with Gasteiger partial charge in [0.2, 0.25) is 0 Å². The number of allylic oxidation sites excluding steroid dienone is 2. The van der Waals surface area contributed by atoms with Gasteiger partial charge in [0.05, 0.1) is 24.8 Å². The fourth-order valence-corrected chi connectivity index (χ4v) is 4.87. The second-order valence-corrected chi connectivity index (χ2v) is 8.31. The third kappa shape index (κ3) is 3.78. The summed E-state index contributed by atoms with van der Waals surface area (Å²) in [6.45, 7) is 3.22. The van der Waals surface area contributed by atoms with E-state index in [1.807, 2.05) is 0 Å². The summed E-state index contributed by atoms with van der Waals surface area (Å²) in [6, 6.07) is 10.5. The summed E-state index contributed by atoms with van der Waals surface area (Å²) in [4.78, 5) is 31.1. The Morgan fingerprint density at radius 2 is 1.88 bits per heavy atom. The Labute approximate surface area is 187 Å². The molecule has 1 atom stereocenters. The molecular formula is C24H21FN2O4S. The fraction of sp³-hybridized carbons (Fsp3) is 0.208. The van der Waals surface area contributed by atoms with E-state index in [-0.39, 0.29) is 17.2 Å². The van der Waals surface area contributed by atoms with Crippen LogP contribution >= 0.6 is 11.3 Å². The fourth-order valence-electron chi connectivity index (χ4n) is 3.82. The normalized spacial score (nSPS) is 15.9. The van der Waals surface area contributed by atoms with Gasteiger partial charge in [0, 0.05) is 22.9 Å². The first kappa shape index (κ1) is 21.7. The van der Waals surface area contributed by atoms with Gasteiger partial charge in [-0.15, -0.1) is 0 Å². The minimum Gasteiger partial charge on any atom is -0.497 e. The zero-order valence-electron chi connectivity index (χ0n) is 18.0. The Kier molecular flexibility index (Phi) is 5.80. The van der Waals surface area contributed by atoms with Crippen LogP contribution in [0.3, 0.4) is 0 Å². The molecule has 1 unspecified atom stereocenters. The van der Waals surface area contributed by atoms with E-state index >= 15 is 0 Å². The van der Waals surface area contributed by atoms with Crippen molar-refractivity contribution in [2.75, 3.05) is 14.2 Å². The number of aromatic nitrogens is 1. The summed E-state index contributed by atoms with van der Waals surface area (Å²) in [5, 5.41) is 0. The number of hydrogen-bond donors (Lipinski definition) is 0. The van der Waals surface area contributed by atoms with Crippen molar-refractivity contribution < 1.29 is 18.7 Å². The lowest BCUT2D eigenvalue weighted by Crippen LogP contribution is -2.39. The second kappa shape index (κ2) is 8.55. The molecule has 0 aliphatic carbocycles. The summed E-state index contributed by atoms with van der Waals surface area (Å²) in [5.74, 6) is 0.564. The average Bonchev–Trinajstić information content (AvgIpc) is 3.08. The summed E-state index contributed by atoms with van der Waals surface area (Å²) in [6.07, 6.45) is 1.69.